The number of aromatic nitrogens is 3. The molecule has 0 saturated carbocycles. The number of hydrogen-bond acceptors (Lipinski definition) is 3. The number of H-pyrrole nitrogens is 2. The van der Waals surface area contributed by atoms with Gasteiger partial charge in [0, 0.05) is 38.8 Å². The number of fused-ring (bicyclic) bond motifs is 2. The molecule has 0 aliphatic rings. The molecule has 28 heavy (non-hydrogen) atoms. The summed E-state index contributed by atoms with van der Waals surface area (Å²) in [4.78, 5) is 23.8. The van der Waals surface area contributed by atoms with E-state index in [9.17, 15) is 4.79 Å². The average Bonchev–Trinajstić information content (AvgIpc) is 3.37. The number of aryl methyl sites for hydroxylation is 1. The van der Waals surface area contributed by atoms with Crippen LogP contribution in [0, 0.1) is 6.92 Å². The largest absolute Gasteiger partial charge is 0.358 e. The highest BCUT2D eigenvalue weighted by atomic mass is 32.1. The van der Waals surface area contributed by atoms with Crippen molar-refractivity contribution in [3.8, 4) is 11.3 Å². The molecule has 0 fully saturated rings. The number of para-hydroxylation sites is 2. The van der Waals surface area contributed by atoms with E-state index in [1.165, 1.54) is 11.3 Å². The number of hydrogen-bond donors (Lipinski definition) is 3. The van der Waals surface area contributed by atoms with Gasteiger partial charge in [0.25, 0.3) is 0 Å². The van der Waals surface area contributed by atoms with Crippen LogP contribution in [-0.2, 0) is 11.2 Å². The molecule has 138 valence electrons. The molecule has 5 rings (SSSR count). The number of nitrogens with one attached hydrogen (secondary N) is 3. The van der Waals surface area contributed by atoms with Gasteiger partial charge in [-0.1, -0.05) is 36.4 Å². The van der Waals surface area contributed by atoms with Crippen molar-refractivity contribution in [3.63, 3.8) is 0 Å². The molecule has 1 amide bonds. The van der Waals surface area contributed by atoms with Gasteiger partial charge in [0.15, 0.2) is 5.13 Å². The summed E-state index contributed by atoms with van der Waals surface area (Å²) in [6.07, 6.45) is 0.287. The Morgan fingerprint density at radius 2 is 1.86 bits per heavy atom. The Morgan fingerprint density at radius 3 is 2.71 bits per heavy atom. The van der Waals surface area contributed by atoms with Crippen LogP contribution in [0.4, 0.5) is 5.13 Å². The molecule has 0 saturated heterocycles. The topological polar surface area (TPSA) is 73.6 Å². The lowest BCUT2D eigenvalue weighted by Gasteiger charge is -2.00. The fraction of sp³-hybridized carbons (Fsp3) is 0.0909. The molecule has 0 aliphatic carbocycles. The first-order valence-corrected chi connectivity index (χ1v) is 9.95. The van der Waals surface area contributed by atoms with Crippen molar-refractivity contribution in [2.75, 3.05) is 5.32 Å². The van der Waals surface area contributed by atoms with E-state index in [1.54, 1.807) is 0 Å². The number of thiazole rings is 1. The lowest BCUT2D eigenvalue weighted by atomic mass is 10.1. The number of nitrogens with zero attached hydrogens (tertiary/aromatic N) is 1. The predicted molar refractivity (Wildman–Crippen MR) is 115 cm³/mol. The predicted octanol–water partition coefficient (Wildman–Crippen LogP) is 5.26. The van der Waals surface area contributed by atoms with Crippen molar-refractivity contribution < 1.29 is 4.79 Å². The number of anilines is 1. The first kappa shape index (κ1) is 16.8. The second kappa shape index (κ2) is 6.65. The Labute approximate surface area is 165 Å². The minimum atomic E-state index is -0.0805. The zero-order valence-electron chi connectivity index (χ0n) is 15.2. The van der Waals surface area contributed by atoms with Crippen LogP contribution in [0.25, 0.3) is 33.1 Å². The Bertz CT molecular complexity index is 1280. The fourth-order valence-electron chi connectivity index (χ4n) is 3.62. The standard InChI is InChI=1S/C22H18N4OS/c1-13-21(16-7-3-5-9-18(16)23-13)19-12-28-22(25-19)26-20(27)11-15-10-14-6-2-4-8-17(14)24-15/h2-10,12,23-24H,11H2,1H3,(H,25,26,27). The van der Waals surface area contributed by atoms with Gasteiger partial charge in [-0.05, 0) is 30.5 Å². The van der Waals surface area contributed by atoms with Gasteiger partial charge in [0.1, 0.15) is 0 Å². The van der Waals surface area contributed by atoms with Crippen LogP contribution in [0.2, 0.25) is 0 Å². The Kier molecular flexibility index (Phi) is 3.98. The number of carbonyl (C=O) groups is 1. The normalized spacial score (nSPS) is 11.3. The third-order valence-electron chi connectivity index (χ3n) is 4.84. The molecule has 5 aromatic rings. The molecular formula is C22H18N4OS. The van der Waals surface area contributed by atoms with Crippen molar-refractivity contribution >= 4 is 44.2 Å². The number of amides is 1. The molecule has 5 nitrogen and oxygen atoms in total. The second-order valence-corrected chi connectivity index (χ2v) is 7.67. The lowest BCUT2D eigenvalue weighted by Crippen LogP contribution is -2.14. The van der Waals surface area contributed by atoms with Crippen molar-refractivity contribution in [2.45, 2.75) is 13.3 Å². The highest BCUT2D eigenvalue weighted by molar-refractivity contribution is 7.14. The van der Waals surface area contributed by atoms with E-state index in [0.717, 1.165) is 44.5 Å². The van der Waals surface area contributed by atoms with Crippen LogP contribution < -0.4 is 5.32 Å². The minimum absolute atomic E-state index is 0.0805. The van der Waals surface area contributed by atoms with Crippen molar-refractivity contribution in [1.29, 1.82) is 0 Å². The van der Waals surface area contributed by atoms with E-state index < -0.39 is 0 Å². The van der Waals surface area contributed by atoms with Crippen LogP contribution in [0.3, 0.4) is 0 Å². The number of aromatic amines is 2. The maximum atomic E-state index is 12.5. The van der Waals surface area contributed by atoms with Gasteiger partial charge in [-0.3, -0.25) is 4.79 Å². The molecule has 2 aromatic carbocycles. The van der Waals surface area contributed by atoms with Gasteiger partial charge in [-0.2, -0.15) is 0 Å². The van der Waals surface area contributed by atoms with Crippen LogP contribution in [0.5, 0.6) is 0 Å². The highest BCUT2D eigenvalue weighted by Gasteiger charge is 2.15. The lowest BCUT2D eigenvalue weighted by molar-refractivity contribution is -0.115. The van der Waals surface area contributed by atoms with E-state index >= 15 is 0 Å². The molecule has 6 heteroatoms. The molecule has 0 radical (unpaired) electrons. The Morgan fingerprint density at radius 1 is 1.07 bits per heavy atom. The zero-order valence-corrected chi connectivity index (χ0v) is 16.1. The summed E-state index contributed by atoms with van der Waals surface area (Å²) in [5, 5.41) is 7.77. The average molecular weight is 386 g/mol. The van der Waals surface area contributed by atoms with E-state index in [0.29, 0.717) is 5.13 Å². The monoisotopic (exact) mass is 386 g/mol. The molecule has 3 heterocycles. The summed E-state index contributed by atoms with van der Waals surface area (Å²) < 4.78 is 0. The number of rotatable bonds is 4. The van der Waals surface area contributed by atoms with Crippen LogP contribution in [-0.4, -0.2) is 20.9 Å². The van der Waals surface area contributed by atoms with Gasteiger partial charge in [-0.25, -0.2) is 4.98 Å². The zero-order chi connectivity index (χ0) is 19.1. The van der Waals surface area contributed by atoms with Crippen molar-refractivity contribution in [2.24, 2.45) is 0 Å². The summed E-state index contributed by atoms with van der Waals surface area (Å²) in [5.74, 6) is -0.0805. The van der Waals surface area contributed by atoms with Crippen LogP contribution in [0.1, 0.15) is 11.4 Å². The molecule has 3 N–H and O–H groups in total. The third-order valence-corrected chi connectivity index (χ3v) is 5.59. The van der Waals surface area contributed by atoms with Gasteiger partial charge < -0.3 is 15.3 Å². The second-order valence-electron chi connectivity index (χ2n) is 6.82. The molecule has 0 unspecified atom stereocenters. The van der Waals surface area contributed by atoms with E-state index in [1.807, 2.05) is 54.8 Å². The van der Waals surface area contributed by atoms with Gasteiger partial charge in [-0.15, -0.1) is 11.3 Å². The molecule has 0 aliphatic heterocycles. The third kappa shape index (κ3) is 2.97. The van der Waals surface area contributed by atoms with E-state index in [2.05, 4.69) is 32.4 Å². The van der Waals surface area contributed by atoms with Crippen molar-refractivity contribution in [3.05, 3.63) is 71.4 Å². The molecule has 0 spiro atoms. The smallest absolute Gasteiger partial charge is 0.232 e. The summed E-state index contributed by atoms with van der Waals surface area (Å²) in [6.45, 7) is 2.04. The summed E-state index contributed by atoms with van der Waals surface area (Å²) in [6, 6.07) is 18.2. The Hall–Kier alpha value is -3.38. The molecular weight excluding hydrogens is 368 g/mol. The van der Waals surface area contributed by atoms with Gasteiger partial charge >= 0.3 is 0 Å². The maximum Gasteiger partial charge on any atom is 0.232 e. The van der Waals surface area contributed by atoms with Crippen LogP contribution in [0.15, 0.2) is 60.0 Å². The quantitative estimate of drug-likeness (QED) is 0.394. The molecule has 0 bridgehead atoms. The SMILES string of the molecule is Cc1[nH]c2ccccc2c1-c1csc(NC(=O)Cc2cc3ccccc3[nH]2)n1. The first-order valence-electron chi connectivity index (χ1n) is 9.07. The van der Waals surface area contributed by atoms with Crippen LogP contribution >= 0.6 is 11.3 Å². The summed E-state index contributed by atoms with van der Waals surface area (Å²) in [5.41, 5.74) is 6.05. The van der Waals surface area contributed by atoms with Crippen molar-refractivity contribution in [1.82, 2.24) is 15.0 Å². The number of carbonyl (C=O) groups excluding carboxylic acids is 1. The maximum absolute atomic E-state index is 12.5. The summed E-state index contributed by atoms with van der Waals surface area (Å²) >= 11 is 1.44. The molecule has 3 aromatic heterocycles. The van der Waals surface area contributed by atoms with E-state index in [-0.39, 0.29) is 12.3 Å². The Balaban J connectivity index is 1.36. The highest BCUT2D eigenvalue weighted by Crippen LogP contribution is 2.33. The van der Waals surface area contributed by atoms with E-state index in [4.69, 9.17) is 0 Å². The summed E-state index contributed by atoms with van der Waals surface area (Å²) in [7, 11) is 0. The fourth-order valence-corrected chi connectivity index (χ4v) is 4.34. The first-order chi connectivity index (χ1) is 13.7. The van der Waals surface area contributed by atoms with Gasteiger partial charge in [0.05, 0.1) is 12.1 Å². The number of benzene rings is 2. The molecule has 0 atom stereocenters. The minimum Gasteiger partial charge on any atom is -0.358 e. The van der Waals surface area contributed by atoms with Gasteiger partial charge in [0.2, 0.25) is 5.91 Å².